The van der Waals surface area contributed by atoms with Crippen molar-refractivity contribution in [3.63, 3.8) is 0 Å². The average molecular weight is 510 g/mol. The molecular weight excluding hydrogens is 478 g/mol. The van der Waals surface area contributed by atoms with Crippen molar-refractivity contribution in [1.82, 2.24) is 19.8 Å². The molecule has 3 aromatic rings. The zero-order chi connectivity index (χ0) is 22.6. The number of fused-ring (bicyclic) bond motifs is 1. The van der Waals surface area contributed by atoms with Crippen LogP contribution in [0.15, 0.2) is 41.1 Å². The second-order valence-electron chi connectivity index (χ2n) is 9.33. The van der Waals surface area contributed by atoms with Crippen LogP contribution in [0.4, 0.5) is 11.4 Å². The SMILES string of the molecule is Oc1c(CN2CCCCC2)cc(CN2CCCCC2)cc1Nc1ccnc2cc(Br)cnc12. The molecule has 1 aromatic carbocycles. The van der Waals surface area contributed by atoms with E-state index in [1.165, 1.54) is 44.1 Å². The molecule has 4 heterocycles. The maximum absolute atomic E-state index is 11.3. The third-order valence-corrected chi connectivity index (χ3v) is 7.19. The first-order valence-corrected chi connectivity index (χ1v) is 12.9. The van der Waals surface area contributed by atoms with Gasteiger partial charge in [0.05, 0.1) is 16.9 Å². The molecule has 0 atom stereocenters. The minimum atomic E-state index is 0.338. The van der Waals surface area contributed by atoms with Gasteiger partial charge in [-0.1, -0.05) is 12.8 Å². The number of likely N-dealkylation sites (tertiary alicyclic amines) is 2. The van der Waals surface area contributed by atoms with Gasteiger partial charge in [-0.25, -0.2) is 0 Å². The number of hydrogen-bond donors (Lipinski definition) is 2. The fourth-order valence-electron chi connectivity index (χ4n) is 5.05. The Labute approximate surface area is 204 Å². The average Bonchev–Trinajstić information content (AvgIpc) is 2.83. The van der Waals surface area contributed by atoms with Crippen molar-refractivity contribution in [2.45, 2.75) is 51.6 Å². The highest BCUT2D eigenvalue weighted by molar-refractivity contribution is 9.10. The van der Waals surface area contributed by atoms with Gasteiger partial charge in [0, 0.05) is 35.5 Å². The van der Waals surface area contributed by atoms with Gasteiger partial charge in [-0.2, -0.15) is 0 Å². The van der Waals surface area contributed by atoms with E-state index < -0.39 is 0 Å². The predicted octanol–water partition coefficient (Wildman–Crippen LogP) is 5.81. The van der Waals surface area contributed by atoms with E-state index in [9.17, 15) is 5.11 Å². The molecule has 2 aromatic heterocycles. The zero-order valence-corrected chi connectivity index (χ0v) is 20.6. The summed E-state index contributed by atoms with van der Waals surface area (Å²) in [6.07, 6.45) is 11.2. The lowest BCUT2D eigenvalue weighted by Gasteiger charge is -2.29. The number of aromatic hydroxyl groups is 1. The first-order chi connectivity index (χ1) is 16.2. The Bertz CT molecular complexity index is 1110. The minimum Gasteiger partial charge on any atom is -0.505 e. The van der Waals surface area contributed by atoms with Crippen LogP contribution in [0.25, 0.3) is 11.0 Å². The van der Waals surface area contributed by atoms with Crippen LogP contribution in [0.3, 0.4) is 0 Å². The van der Waals surface area contributed by atoms with Gasteiger partial charge in [0.1, 0.15) is 11.3 Å². The van der Waals surface area contributed by atoms with Crippen LogP contribution in [0.1, 0.15) is 49.7 Å². The molecule has 2 N–H and O–H groups in total. The molecule has 174 valence electrons. The highest BCUT2D eigenvalue weighted by Crippen LogP contribution is 2.35. The molecule has 6 nitrogen and oxygen atoms in total. The van der Waals surface area contributed by atoms with Gasteiger partial charge in [-0.05, 0) is 97.6 Å². The number of benzene rings is 1. The summed E-state index contributed by atoms with van der Waals surface area (Å²) in [5.74, 6) is 0.338. The summed E-state index contributed by atoms with van der Waals surface area (Å²) in [5.41, 5.74) is 5.45. The van der Waals surface area contributed by atoms with Crippen LogP contribution in [-0.4, -0.2) is 51.1 Å². The normalized spacial score (nSPS) is 18.0. The number of piperidine rings is 2. The molecule has 2 aliphatic rings. The molecule has 0 amide bonds. The summed E-state index contributed by atoms with van der Waals surface area (Å²) in [6, 6.07) is 8.20. The Kier molecular flexibility index (Phi) is 7.09. The molecule has 0 radical (unpaired) electrons. The van der Waals surface area contributed by atoms with Crippen LogP contribution >= 0.6 is 15.9 Å². The quantitative estimate of drug-likeness (QED) is 0.408. The molecule has 0 unspecified atom stereocenters. The van der Waals surface area contributed by atoms with Crippen molar-refractivity contribution in [2.75, 3.05) is 31.5 Å². The number of halogens is 1. The number of phenolic OH excluding ortho intramolecular Hbond substituents is 1. The molecular formula is C26H32BrN5O. The molecule has 2 aliphatic heterocycles. The molecule has 0 bridgehead atoms. The highest BCUT2D eigenvalue weighted by atomic mass is 79.9. The van der Waals surface area contributed by atoms with Crippen LogP contribution < -0.4 is 5.32 Å². The van der Waals surface area contributed by atoms with Crippen LogP contribution in [-0.2, 0) is 13.1 Å². The Balaban J connectivity index is 1.48. The summed E-state index contributed by atoms with van der Waals surface area (Å²) < 4.78 is 0.898. The molecule has 0 spiro atoms. The maximum Gasteiger partial charge on any atom is 0.143 e. The van der Waals surface area contributed by atoms with E-state index in [1.54, 1.807) is 12.4 Å². The second-order valence-corrected chi connectivity index (χ2v) is 10.2. The Morgan fingerprint density at radius 3 is 2.27 bits per heavy atom. The molecule has 33 heavy (non-hydrogen) atoms. The number of nitrogens with one attached hydrogen (secondary N) is 1. The Hall–Kier alpha value is -2.22. The van der Waals surface area contributed by atoms with Crippen molar-refractivity contribution < 1.29 is 5.11 Å². The number of pyridine rings is 2. The Morgan fingerprint density at radius 2 is 1.55 bits per heavy atom. The lowest BCUT2D eigenvalue weighted by atomic mass is 10.0. The first kappa shape index (κ1) is 22.6. The number of anilines is 2. The zero-order valence-electron chi connectivity index (χ0n) is 19.1. The standard InChI is InChI=1S/C26H32BrN5O/c27-21-15-23-25(29-16-21)22(7-8-28-23)30-24-14-19(17-31-9-3-1-4-10-31)13-20(26(24)33)18-32-11-5-2-6-12-32/h7-8,13-16,33H,1-6,9-12,17-18H2,(H,28,30). The van der Waals surface area contributed by atoms with E-state index in [0.29, 0.717) is 5.75 Å². The molecule has 0 saturated carbocycles. The highest BCUT2D eigenvalue weighted by Gasteiger charge is 2.18. The smallest absolute Gasteiger partial charge is 0.143 e. The fraction of sp³-hybridized carbons (Fsp3) is 0.462. The lowest BCUT2D eigenvalue weighted by Crippen LogP contribution is -2.30. The lowest BCUT2D eigenvalue weighted by molar-refractivity contribution is 0.216. The monoisotopic (exact) mass is 509 g/mol. The minimum absolute atomic E-state index is 0.338. The van der Waals surface area contributed by atoms with Gasteiger partial charge in [0.15, 0.2) is 0 Å². The van der Waals surface area contributed by atoms with Gasteiger partial charge in [0.2, 0.25) is 0 Å². The van der Waals surface area contributed by atoms with Gasteiger partial charge in [-0.3, -0.25) is 19.8 Å². The van der Waals surface area contributed by atoms with Gasteiger partial charge < -0.3 is 10.4 Å². The second kappa shape index (κ2) is 10.4. The summed E-state index contributed by atoms with van der Waals surface area (Å²) in [6.45, 7) is 6.22. The third-order valence-electron chi connectivity index (χ3n) is 6.76. The predicted molar refractivity (Wildman–Crippen MR) is 137 cm³/mol. The van der Waals surface area contributed by atoms with Crippen LogP contribution in [0.5, 0.6) is 5.75 Å². The van der Waals surface area contributed by atoms with Crippen LogP contribution in [0, 0.1) is 0 Å². The van der Waals surface area contributed by atoms with Crippen molar-refractivity contribution in [3.8, 4) is 5.75 Å². The van der Waals surface area contributed by atoms with E-state index >= 15 is 0 Å². The third kappa shape index (κ3) is 5.48. The number of hydrogen-bond acceptors (Lipinski definition) is 6. The molecule has 5 rings (SSSR count). The van der Waals surface area contributed by atoms with Crippen molar-refractivity contribution in [3.05, 3.63) is 52.3 Å². The van der Waals surface area contributed by atoms with Crippen molar-refractivity contribution >= 4 is 38.3 Å². The van der Waals surface area contributed by atoms with E-state index in [0.717, 1.165) is 71.7 Å². The molecule has 0 aliphatic carbocycles. The number of nitrogens with zero attached hydrogens (tertiary/aromatic N) is 4. The fourth-order valence-corrected chi connectivity index (χ4v) is 5.37. The maximum atomic E-state index is 11.3. The summed E-state index contributed by atoms with van der Waals surface area (Å²) in [5, 5.41) is 14.8. The van der Waals surface area contributed by atoms with Gasteiger partial charge >= 0.3 is 0 Å². The molecule has 7 heteroatoms. The summed E-state index contributed by atoms with van der Waals surface area (Å²) >= 11 is 3.48. The molecule has 2 fully saturated rings. The number of rotatable bonds is 6. The number of aromatic nitrogens is 2. The van der Waals surface area contributed by atoms with E-state index in [-0.39, 0.29) is 0 Å². The van der Waals surface area contributed by atoms with Crippen molar-refractivity contribution in [2.24, 2.45) is 0 Å². The van der Waals surface area contributed by atoms with E-state index in [1.807, 2.05) is 12.1 Å². The van der Waals surface area contributed by atoms with Crippen molar-refractivity contribution in [1.29, 1.82) is 0 Å². The first-order valence-electron chi connectivity index (χ1n) is 12.1. The largest absolute Gasteiger partial charge is 0.505 e. The Morgan fingerprint density at radius 1 is 0.848 bits per heavy atom. The van der Waals surface area contributed by atoms with E-state index in [4.69, 9.17) is 0 Å². The van der Waals surface area contributed by atoms with E-state index in [2.05, 4.69) is 53.1 Å². The molecule has 2 saturated heterocycles. The summed E-state index contributed by atoms with van der Waals surface area (Å²) in [7, 11) is 0. The summed E-state index contributed by atoms with van der Waals surface area (Å²) in [4.78, 5) is 14.0. The van der Waals surface area contributed by atoms with Gasteiger partial charge in [-0.15, -0.1) is 0 Å². The number of phenols is 1. The van der Waals surface area contributed by atoms with Gasteiger partial charge in [0.25, 0.3) is 0 Å². The topological polar surface area (TPSA) is 64.5 Å². The van der Waals surface area contributed by atoms with Crippen LogP contribution in [0.2, 0.25) is 0 Å².